The van der Waals surface area contributed by atoms with Crippen molar-refractivity contribution in [3.8, 4) is 0 Å². The second kappa shape index (κ2) is 9.14. The third-order valence-electron chi connectivity index (χ3n) is 4.68. The monoisotopic (exact) mass is 456 g/mol. The third kappa shape index (κ3) is 5.94. The molecule has 1 aliphatic rings. The lowest BCUT2D eigenvalue weighted by Crippen LogP contribution is -2.49. The fraction of sp³-hybridized carbons (Fsp3) is 0.400. The van der Waals surface area contributed by atoms with Gasteiger partial charge in [-0.3, -0.25) is 4.90 Å². The Balaban J connectivity index is 1.50. The highest BCUT2D eigenvalue weighted by Crippen LogP contribution is 2.38. The highest BCUT2D eigenvalue weighted by atomic mass is 35.6. The second-order valence-corrected chi connectivity index (χ2v) is 9.73. The van der Waals surface area contributed by atoms with Gasteiger partial charge in [-0.05, 0) is 49.3 Å². The molecule has 0 spiro atoms. The van der Waals surface area contributed by atoms with E-state index in [1.54, 1.807) is 0 Å². The highest BCUT2D eigenvalue weighted by molar-refractivity contribution is 7.80. The number of halogens is 3. The molecule has 1 N–H and O–H groups in total. The normalized spacial score (nSPS) is 15.5. The van der Waals surface area contributed by atoms with Gasteiger partial charge in [-0.15, -0.1) is 0 Å². The molecule has 4 nitrogen and oxygen atoms in total. The molecule has 3 rings (SSSR count). The minimum Gasteiger partial charge on any atom is -0.346 e. The number of aryl methyl sites for hydroxylation is 2. The quantitative estimate of drug-likeness (QED) is 0.515. The zero-order chi connectivity index (χ0) is 20.3. The SMILES string of the molecule is Cc1cc(C)nc(NC(=S)N2CCN(Cc3ccc(C(Cl)(Cl)Cl)cc3)CC2)c1. The number of benzene rings is 1. The van der Waals surface area contributed by atoms with Crippen LogP contribution in [0.4, 0.5) is 5.82 Å². The van der Waals surface area contributed by atoms with Gasteiger partial charge in [0.15, 0.2) is 5.11 Å². The minimum atomic E-state index is -1.38. The molecule has 2 aromatic rings. The number of nitrogens with one attached hydrogen (secondary N) is 1. The summed E-state index contributed by atoms with van der Waals surface area (Å²) < 4.78 is -1.38. The molecule has 1 fully saturated rings. The molecule has 0 saturated carbocycles. The largest absolute Gasteiger partial charge is 0.346 e. The van der Waals surface area contributed by atoms with Crippen LogP contribution in [0.5, 0.6) is 0 Å². The van der Waals surface area contributed by atoms with Crippen molar-refractivity contribution in [2.24, 2.45) is 0 Å². The van der Waals surface area contributed by atoms with Crippen molar-refractivity contribution in [1.29, 1.82) is 0 Å². The van der Waals surface area contributed by atoms with Gasteiger partial charge in [0.2, 0.25) is 3.79 Å². The summed E-state index contributed by atoms with van der Waals surface area (Å²) in [6.07, 6.45) is 0. The van der Waals surface area contributed by atoms with Crippen LogP contribution in [0.1, 0.15) is 22.4 Å². The number of anilines is 1. The van der Waals surface area contributed by atoms with E-state index in [9.17, 15) is 0 Å². The van der Waals surface area contributed by atoms with Gasteiger partial charge < -0.3 is 10.2 Å². The van der Waals surface area contributed by atoms with Gasteiger partial charge in [0.25, 0.3) is 0 Å². The van der Waals surface area contributed by atoms with Gasteiger partial charge in [0.1, 0.15) is 5.82 Å². The van der Waals surface area contributed by atoms with Gasteiger partial charge >= 0.3 is 0 Å². The van der Waals surface area contributed by atoms with Crippen molar-refractivity contribution < 1.29 is 0 Å². The zero-order valence-electron chi connectivity index (χ0n) is 15.9. The lowest BCUT2D eigenvalue weighted by atomic mass is 10.1. The minimum absolute atomic E-state index is 0.683. The molecule has 0 unspecified atom stereocenters. The molecule has 28 heavy (non-hydrogen) atoms. The van der Waals surface area contributed by atoms with Crippen molar-refractivity contribution in [2.75, 3.05) is 31.5 Å². The smallest absolute Gasteiger partial charge is 0.216 e. The zero-order valence-corrected chi connectivity index (χ0v) is 19.0. The van der Waals surface area contributed by atoms with Crippen LogP contribution in [0.15, 0.2) is 36.4 Å². The first-order chi connectivity index (χ1) is 13.2. The van der Waals surface area contributed by atoms with E-state index in [1.165, 1.54) is 11.1 Å². The molecule has 0 aliphatic carbocycles. The molecular weight excluding hydrogens is 435 g/mol. The number of rotatable bonds is 3. The van der Waals surface area contributed by atoms with Crippen LogP contribution < -0.4 is 5.32 Å². The van der Waals surface area contributed by atoms with Crippen molar-refractivity contribution in [1.82, 2.24) is 14.8 Å². The van der Waals surface area contributed by atoms with Crippen LogP contribution in [-0.2, 0) is 10.3 Å². The van der Waals surface area contributed by atoms with E-state index in [-0.39, 0.29) is 0 Å². The average Bonchev–Trinajstić information content (AvgIpc) is 2.61. The molecule has 0 amide bonds. The van der Waals surface area contributed by atoms with E-state index >= 15 is 0 Å². The van der Waals surface area contributed by atoms with Crippen molar-refractivity contribution >= 4 is 58.0 Å². The molecule has 2 heterocycles. The van der Waals surface area contributed by atoms with E-state index < -0.39 is 3.79 Å². The standard InChI is InChI=1S/C20H23Cl3N4S/c1-14-11-15(2)24-18(12-14)25-19(28)27-9-7-26(8-10-27)13-16-3-5-17(6-4-16)20(21,22)23/h3-6,11-12H,7-10,13H2,1-2H3,(H,24,25,28). The summed E-state index contributed by atoms with van der Waals surface area (Å²) in [5.74, 6) is 0.805. The topological polar surface area (TPSA) is 31.4 Å². The molecule has 8 heteroatoms. The maximum absolute atomic E-state index is 5.92. The van der Waals surface area contributed by atoms with Crippen LogP contribution >= 0.6 is 47.0 Å². The molecule has 1 aliphatic heterocycles. The number of pyridine rings is 1. The second-order valence-electron chi connectivity index (χ2n) is 7.06. The summed E-state index contributed by atoms with van der Waals surface area (Å²) in [5, 5.41) is 3.99. The summed E-state index contributed by atoms with van der Waals surface area (Å²) in [5.41, 5.74) is 4.04. The van der Waals surface area contributed by atoms with Crippen molar-refractivity contribution in [3.63, 3.8) is 0 Å². The van der Waals surface area contributed by atoms with E-state index in [4.69, 9.17) is 47.0 Å². The first-order valence-corrected chi connectivity index (χ1v) is 10.6. The van der Waals surface area contributed by atoms with Gasteiger partial charge in [-0.1, -0.05) is 59.1 Å². The lowest BCUT2D eigenvalue weighted by molar-refractivity contribution is 0.177. The number of thiocarbonyl (C=S) groups is 1. The maximum atomic E-state index is 5.92. The Morgan fingerprint density at radius 2 is 1.71 bits per heavy atom. The number of hydrogen-bond acceptors (Lipinski definition) is 3. The Labute approximate surface area is 186 Å². The van der Waals surface area contributed by atoms with Crippen LogP contribution in [0.2, 0.25) is 0 Å². The third-order valence-corrected chi connectivity index (χ3v) is 5.69. The molecule has 1 aromatic carbocycles. The van der Waals surface area contributed by atoms with Gasteiger partial charge in [-0.2, -0.15) is 0 Å². The molecule has 0 radical (unpaired) electrons. The van der Waals surface area contributed by atoms with E-state index in [1.807, 2.05) is 43.3 Å². The Morgan fingerprint density at radius 3 is 2.29 bits per heavy atom. The number of hydrogen-bond donors (Lipinski definition) is 1. The molecule has 1 saturated heterocycles. The summed E-state index contributed by atoms with van der Waals surface area (Å²) in [6.45, 7) is 8.54. The summed E-state index contributed by atoms with van der Waals surface area (Å²) in [6, 6.07) is 11.8. The molecule has 1 aromatic heterocycles. The van der Waals surface area contributed by atoms with Gasteiger partial charge in [0.05, 0.1) is 0 Å². The lowest BCUT2D eigenvalue weighted by Gasteiger charge is -2.36. The molecule has 0 bridgehead atoms. The predicted molar refractivity (Wildman–Crippen MR) is 122 cm³/mol. The Bertz CT molecular complexity index is 808. The van der Waals surface area contributed by atoms with E-state index in [0.717, 1.165) is 49.3 Å². The fourth-order valence-corrected chi connectivity index (χ4v) is 3.93. The maximum Gasteiger partial charge on any atom is 0.216 e. The van der Waals surface area contributed by atoms with Crippen LogP contribution in [0.25, 0.3) is 0 Å². The van der Waals surface area contributed by atoms with Crippen LogP contribution in [0.3, 0.4) is 0 Å². The molecular formula is C20H23Cl3N4S. The van der Waals surface area contributed by atoms with Gasteiger partial charge in [0, 0.05) is 44.0 Å². The predicted octanol–water partition coefficient (Wildman–Crippen LogP) is 5.04. The summed E-state index contributed by atoms with van der Waals surface area (Å²) >= 11 is 23.3. The molecule has 150 valence electrons. The van der Waals surface area contributed by atoms with Crippen molar-refractivity contribution in [3.05, 3.63) is 58.8 Å². The molecule has 0 atom stereocenters. The Morgan fingerprint density at radius 1 is 1.07 bits per heavy atom. The van der Waals surface area contributed by atoms with Crippen LogP contribution in [0, 0.1) is 13.8 Å². The number of piperazine rings is 1. The van der Waals surface area contributed by atoms with E-state index in [2.05, 4.69) is 27.0 Å². The number of nitrogens with zero attached hydrogens (tertiary/aromatic N) is 3. The number of aromatic nitrogens is 1. The van der Waals surface area contributed by atoms with Gasteiger partial charge in [-0.25, -0.2) is 4.98 Å². The average molecular weight is 458 g/mol. The van der Waals surface area contributed by atoms with E-state index in [0.29, 0.717) is 5.56 Å². The van der Waals surface area contributed by atoms with Crippen molar-refractivity contribution in [2.45, 2.75) is 24.2 Å². The highest BCUT2D eigenvalue weighted by Gasteiger charge is 2.23. The summed E-state index contributed by atoms with van der Waals surface area (Å²) in [4.78, 5) is 9.09. The summed E-state index contributed by atoms with van der Waals surface area (Å²) in [7, 11) is 0. The van der Waals surface area contributed by atoms with Crippen LogP contribution in [-0.4, -0.2) is 46.1 Å². The Kier molecular flexibility index (Phi) is 7.05. The fourth-order valence-electron chi connectivity index (χ4n) is 3.26. The number of alkyl halides is 3. The first kappa shape index (κ1) is 21.6. The Hall–Kier alpha value is -1.11. The first-order valence-electron chi connectivity index (χ1n) is 9.10.